The Balaban J connectivity index is 1.28. The van der Waals surface area contributed by atoms with Gasteiger partial charge in [-0.2, -0.15) is 0 Å². The van der Waals surface area contributed by atoms with Crippen LogP contribution in [-0.2, 0) is 0 Å². The standard InChI is InChI=1S/C54H35NO2/c1-5-17-36(18-6-1)40-31-32-44-45-28-16-29-48(53(45)57-50(44)35-40)55(52-41(37-19-7-2-8-20-37)26-15-27-42(52)38-21-9-3-10-22-38)47-34-33-43(39-23-11-4-12-24-39)54-51(47)46-25-13-14-30-49(46)56-54/h1-35H. The first-order valence-corrected chi connectivity index (χ1v) is 19.3. The number of nitrogens with zero attached hydrogens (tertiary/aromatic N) is 1. The molecule has 2 heterocycles. The highest BCUT2D eigenvalue weighted by Crippen LogP contribution is 2.53. The molecule has 0 aliphatic heterocycles. The SMILES string of the molecule is c1ccc(-c2ccc3c(c2)oc2c(N(c4c(-c5ccccc5)cccc4-c4ccccc4)c4ccc(-c5ccccc5)c5oc6ccccc6c45)cccc23)cc1. The van der Waals surface area contributed by atoms with Gasteiger partial charge in [0.2, 0.25) is 0 Å². The smallest absolute Gasteiger partial charge is 0.159 e. The highest BCUT2D eigenvalue weighted by molar-refractivity contribution is 6.20. The minimum Gasteiger partial charge on any atom is -0.455 e. The Hall–Kier alpha value is -7.62. The fourth-order valence-corrected chi connectivity index (χ4v) is 8.47. The van der Waals surface area contributed by atoms with E-state index in [2.05, 4.69) is 205 Å². The van der Waals surface area contributed by atoms with Crippen molar-refractivity contribution in [1.82, 2.24) is 0 Å². The molecule has 0 unspecified atom stereocenters. The topological polar surface area (TPSA) is 29.5 Å². The van der Waals surface area contributed by atoms with E-state index in [1.54, 1.807) is 0 Å². The minimum atomic E-state index is 0.813. The van der Waals surface area contributed by atoms with Gasteiger partial charge in [0.1, 0.15) is 16.7 Å². The summed E-state index contributed by atoms with van der Waals surface area (Å²) in [5.41, 5.74) is 15.2. The highest BCUT2D eigenvalue weighted by Gasteiger charge is 2.28. The third-order valence-electron chi connectivity index (χ3n) is 11.1. The van der Waals surface area contributed by atoms with Gasteiger partial charge in [0.05, 0.1) is 22.4 Å². The number of benzene rings is 9. The third-order valence-corrected chi connectivity index (χ3v) is 11.1. The molecule has 0 radical (unpaired) electrons. The molecule has 2 aromatic heterocycles. The number of anilines is 3. The highest BCUT2D eigenvalue weighted by atomic mass is 16.3. The van der Waals surface area contributed by atoms with E-state index in [1.807, 2.05) is 12.1 Å². The summed E-state index contributed by atoms with van der Waals surface area (Å²) in [5.74, 6) is 0. The van der Waals surface area contributed by atoms with Crippen LogP contribution in [0.1, 0.15) is 0 Å². The van der Waals surface area contributed by atoms with Crippen molar-refractivity contribution in [3.63, 3.8) is 0 Å². The Labute approximate surface area is 330 Å². The van der Waals surface area contributed by atoms with Crippen LogP contribution in [-0.4, -0.2) is 0 Å². The Bertz CT molecular complexity index is 3160. The first-order chi connectivity index (χ1) is 28.3. The van der Waals surface area contributed by atoms with Gasteiger partial charge in [0.25, 0.3) is 0 Å². The molecule has 9 aromatic carbocycles. The summed E-state index contributed by atoms with van der Waals surface area (Å²) in [6.07, 6.45) is 0. The van der Waals surface area contributed by atoms with E-state index in [0.29, 0.717) is 0 Å². The van der Waals surface area contributed by atoms with Gasteiger partial charge in [-0.3, -0.25) is 0 Å². The molecule has 0 saturated heterocycles. The van der Waals surface area contributed by atoms with E-state index in [4.69, 9.17) is 8.83 Å². The van der Waals surface area contributed by atoms with Gasteiger partial charge in [-0.15, -0.1) is 0 Å². The van der Waals surface area contributed by atoms with Gasteiger partial charge in [-0.05, 0) is 64.2 Å². The second kappa shape index (κ2) is 13.6. The monoisotopic (exact) mass is 729 g/mol. The Morgan fingerprint density at radius 1 is 0.298 bits per heavy atom. The van der Waals surface area contributed by atoms with E-state index < -0.39 is 0 Å². The average molecular weight is 730 g/mol. The van der Waals surface area contributed by atoms with Crippen LogP contribution >= 0.6 is 0 Å². The van der Waals surface area contributed by atoms with Crippen LogP contribution in [0.5, 0.6) is 0 Å². The zero-order chi connectivity index (χ0) is 37.7. The van der Waals surface area contributed by atoms with E-state index in [9.17, 15) is 0 Å². The van der Waals surface area contributed by atoms with E-state index in [0.717, 1.165) is 105 Å². The molecule has 0 N–H and O–H groups in total. The first-order valence-electron chi connectivity index (χ1n) is 19.3. The zero-order valence-corrected chi connectivity index (χ0v) is 31.0. The van der Waals surface area contributed by atoms with Gasteiger partial charge >= 0.3 is 0 Å². The average Bonchev–Trinajstić information content (AvgIpc) is 3.87. The number of hydrogen-bond donors (Lipinski definition) is 0. The Morgan fingerprint density at radius 3 is 1.51 bits per heavy atom. The molecule has 0 saturated carbocycles. The third kappa shape index (κ3) is 5.51. The predicted octanol–water partition coefficient (Wildman–Crippen LogP) is 15.6. The molecule has 268 valence electrons. The summed E-state index contributed by atoms with van der Waals surface area (Å²) >= 11 is 0. The molecule has 3 nitrogen and oxygen atoms in total. The number of para-hydroxylation sites is 3. The zero-order valence-electron chi connectivity index (χ0n) is 31.0. The van der Waals surface area contributed by atoms with Gasteiger partial charge in [0, 0.05) is 32.8 Å². The molecule has 3 heteroatoms. The number of hydrogen-bond acceptors (Lipinski definition) is 3. The van der Waals surface area contributed by atoms with Crippen LogP contribution in [0.2, 0.25) is 0 Å². The molecule has 0 fully saturated rings. The second-order valence-corrected chi connectivity index (χ2v) is 14.4. The maximum atomic E-state index is 7.07. The molecule has 0 aliphatic carbocycles. The summed E-state index contributed by atoms with van der Waals surface area (Å²) in [4.78, 5) is 2.42. The summed E-state index contributed by atoms with van der Waals surface area (Å²) < 4.78 is 13.9. The van der Waals surface area contributed by atoms with E-state index >= 15 is 0 Å². The van der Waals surface area contributed by atoms with Crippen molar-refractivity contribution in [3.05, 3.63) is 212 Å². The maximum Gasteiger partial charge on any atom is 0.159 e. The lowest BCUT2D eigenvalue weighted by molar-refractivity contribution is 0.668. The van der Waals surface area contributed by atoms with Crippen LogP contribution in [0.3, 0.4) is 0 Å². The summed E-state index contributed by atoms with van der Waals surface area (Å²) in [5, 5.41) is 4.21. The van der Waals surface area contributed by atoms with Gasteiger partial charge < -0.3 is 13.7 Å². The van der Waals surface area contributed by atoms with E-state index in [-0.39, 0.29) is 0 Å². The van der Waals surface area contributed by atoms with E-state index in [1.165, 1.54) is 0 Å². The largest absolute Gasteiger partial charge is 0.455 e. The summed E-state index contributed by atoms with van der Waals surface area (Å²) in [7, 11) is 0. The molecule has 0 atom stereocenters. The lowest BCUT2D eigenvalue weighted by Gasteiger charge is -2.31. The minimum absolute atomic E-state index is 0.813. The maximum absolute atomic E-state index is 7.07. The van der Waals surface area contributed by atoms with Crippen LogP contribution in [0.15, 0.2) is 221 Å². The van der Waals surface area contributed by atoms with Gasteiger partial charge in [-0.1, -0.05) is 176 Å². The van der Waals surface area contributed by atoms with Crippen molar-refractivity contribution < 1.29 is 8.83 Å². The van der Waals surface area contributed by atoms with Crippen molar-refractivity contribution in [3.8, 4) is 44.5 Å². The summed E-state index contributed by atoms with van der Waals surface area (Å²) in [6.45, 7) is 0. The molecule has 0 amide bonds. The van der Waals surface area contributed by atoms with Crippen LogP contribution in [0.4, 0.5) is 17.1 Å². The lowest BCUT2D eigenvalue weighted by Crippen LogP contribution is -2.13. The predicted molar refractivity (Wildman–Crippen MR) is 237 cm³/mol. The normalized spacial score (nSPS) is 11.5. The first kappa shape index (κ1) is 32.8. The molecular weight excluding hydrogens is 695 g/mol. The number of rotatable bonds is 7. The quantitative estimate of drug-likeness (QED) is 0.164. The summed E-state index contributed by atoms with van der Waals surface area (Å²) in [6, 6.07) is 74.9. The molecule has 0 bridgehead atoms. The number of fused-ring (bicyclic) bond motifs is 6. The Morgan fingerprint density at radius 2 is 0.842 bits per heavy atom. The van der Waals surface area contributed by atoms with Gasteiger partial charge in [0.15, 0.2) is 5.58 Å². The van der Waals surface area contributed by atoms with Crippen LogP contribution in [0.25, 0.3) is 88.4 Å². The molecule has 0 spiro atoms. The lowest BCUT2D eigenvalue weighted by atomic mass is 9.93. The molecule has 57 heavy (non-hydrogen) atoms. The van der Waals surface area contributed by atoms with Crippen molar-refractivity contribution in [2.75, 3.05) is 4.90 Å². The second-order valence-electron chi connectivity index (χ2n) is 14.4. The van der Waals surface area contributed by atoms with Crippen molar-refractivity contribution in [2.24, 2.45) is 0 Å². The van der Waals surface area contributed by atoms with Crippen molar-refractivity contribution in [1.29, 1.82) is 0 Å². The van der Waals surface area contributed by atoms with Crippen LogP contribution < -0.4 is 4.90 Å². The molecule has 0 aliphatic rings. The molecule has 11 aromatic rings. The number of furan rings is 2. The van der Waals surface area contributed by atoms with Gasteiger partial charge in [-0.25, -0.2) is 0 Å². The molecular formula is C54H35NO2. The van der Waals surface area contributed by atoms with Crippen molar-refractivity contribution in [2.45, 2.75) is 0 Å². The fourth-order valence-electron chi connectivity index (χ4n) is 8.47. The Kier molecular flexibility index (Phi) is 7.82. The fraction of sp³-hybridized carbons (Fsp3) is 0. The van der Waals surface area contributed by atoms with Crippen LogP contribution in [0, 0.1) is 0 Å². The molecule has 11 rings (SSSR count). The van der Waals surface area contributed by atoms with Crippen molar-refractivity contribution >= 4 is 60.9 Å².